The number of nitrogens with zero attached hydrogens (tertiary/aromatic N) is 3. The van der Waals surface area contributed by atoms with Crippen LogP contribution < -0.4 is 10.2 Å². The number of rotatable bonds is 4. The Hall–Kier alpha value is -2.58. The van der Waals surface area contributed by atoms with Crippen molar-refractivity contribution in [3.8, 4) is 0 Å². The van der Waals surface area contributed by atoms with E-state index in [1.807, 2.05) is 4.90 Å². The van der Waals surface area contributed by atoms with Crippen LogP contribution in [0.4, 0.5) is 10.3 Å². The van der Waals surface area contributed by atoms with Gasteiger partial charge in [-0.1, -0.05) is 18.2 Å². The minimum absolute atomic E-state index is 0.103. The quantitative estimate of drug-likeness (QED) is 0.883. The van der Waals surface area contributed by atoms with Crippen LogP contribution in [-0.4, -0.2) is 48.0 Å². The molecule has 1 aromatic carbocycles. The first kappa shape index (κ1) is 17.8. The Morgan fingerprint density at radius 2 is 1.93 bits per heavy atom. The molecule has 2 aliphatic rings. The summed E-state index contributed by atoms with van der Waals surface area (Å²) in [5.41, 5.74) is 0.683. The second kappa shape index (κ2) is 7.58. The molecule has 2 fully saturated rings. The smallest absolute Gasteiger partial charge is 0.270 e. The molecule has 27 heavy (non-hydrogen) atoms. The minimum atomic E-state index is -0.467. The van der Waals surface area contributed by atoms with Crippen LogP contribution in [-0.2, 0) is 16.0 Å². The van der Waals surface area contributed by atoms with Crippen molar-refractivity contribution in [3.05, 3.63) is 53.6 Å². The molecule has 1 amide bonds. The summed E-state index contributed by atoms with van der Waals surface area (Å²) in [7, 11) is 0. The zero-order valence-electron chi connectivity index (χ0n) is 14.9. The van der Waals surface area contributed by atoms with Crippen LogP contribution >= 0.6 is 0 Å². The van der Waals surface area contributed by atoms with E-state index >= 15 is 0 Å². The summed E-state index contributed by atoms with van der Waals surface area (Å²) in [6, 6.07) is 7.90. The van der Waals surface area contributed by atoms with E-state index in [2.05, 4.69) is 15.3 Å². The average Bonchev–Trinajstić information content (AvgIpc) is 3.16. The van der Waals surface area contributed by atoms with E-state index in [-0.39, 0.29) is 24.0 Å². The highest BCUT2D eigenvalue weighted by Gasteiger charge is 2.40. The van der Waals surface area contributed by atoms with Crippen LogP contribution in [0.15, 0.2) is 36.5 Å². The molecule has 142 valence electrons. The number of ether oxygens (including phenoxy) is 2. The second-order valence-corrected chi connectivity index (χ2v) is 6.61. The summed E-state index contributed by atoms with van der Waals surface area (Å²) in [6.07, 6.45) is 3.04. The standard InChI is InChI=1S/C19H21FN4O3/c20-15-4-2-1-3-14(15)13-22-17(25)16-5-8-21-18(23-16)24-9-6-19(7-10-24)26-11-12-27-19/h1-5,8H,6-7,9-13H2,(H,22,25). The fraction of sp³-hybridized carbons (Fsp3) is 0.421. The molecular weight excluding hydrogens is 351 g/mol. The van der Waals surface area contributed by atoms with Crippen LogP contribution in [0.1, 0.15) is 28.9 Å². The fourth-order valence-electron chi connectivity index (χ4n) is 3.37. The maximum Gasteiger partial charge on any atom is 0.270 e. The highest BCUT2D eigenvalue weighted by molar-refractivity contribution is 5.92. The van der Waals surface area contributed by atoms with Crippen LogP contribution in [0, 0.1) is 5.82 Å². The fourth-order valence-corrected chi connectivity index (χ4v) is 3.37. The third-order valence-corrected chi connectivity index (χ3v) is 4.89. The first-order valence-corrected chi connectivity index (χ1v) is 9.03. The van der Waals surface area contributed by atoms with E-state index < -0.39 is 5.79 Å². The van der Waals surface area contributed by atoms with Gasteiger partial charge in [-0.3, -0.25) is 4.79 Å². The number of carbonyl (C=O) groups excluding carboxylic acids is 1. The Balaban J connectivity index is 1.39. The van der Waals surface area contributed by atoms with Crippen molar-refractivity contribution >= 4 is 11.9 Å². The van der Waals surface area contributed by atoms with Gasteiger partial charge in [0.2, 0.25) is 5.95 Å². The van der Waals surface area contributed by atoms with E-state index in [4.69, 9.17) is 9.47 Å². The SMILES string of the molecule is O=C(NCc1ccccc1F)c1ccnc(N2CCC3(CC2)OCCO3)n1. The largest absolute Gasteiger partial charge is 0.347 e. The molecule has 1 spiro atoms. The van der Waals surface area contributed by atoms with E-state index in [9.17, 15) is 9.18 Å². The zero-order chi connectivity index (χ0) is 18.7. The lowest BCUT2D eigenvalue weighted by molar-refractivity contribution is -0.169. The minimum Gasteiger partial charge on any atom is -0.347 e. The predicted molar refractivity (Wildman–Crippen MR) is 95.7 cm³/mol. The van der Waals surface area contributed by atoms with E-state index in [0.717, 1.165) is 12.8 Å². The highest BCUT2D eigenvalue weighted by Crippen LogP contribution is 2.32. The Kier molecular flexibility index (Phi) is 5.00. The van der Waals surface area contributed by atoms with Crippen LogP contribution in [0.3, 0.4) is 0 Å². The summed E-state index contributed by atoms with van der Waals surface area (Å²) < 4.78 is 25.1. The van der Waals surface area contributed by atoms with Crippen molar-refractivity contribution in [3.63, 3.8) is 0 Å². The maximum absolute atomic E-state index is 13.7. The van der Waals surface area contributed by atoms with Crippen LogP contribution in [0.25, 0.3) is 0 Å². The molecule has 3 heterocycles. The van der Waals surface area contributed by atoms with Gasteiger partial charge in [0, 0.05) is 44.2 Å². The topological polar surface area (TPSA) is 76.6 Å². The monoisotopic (exact) mass is 372 g/mol. The molecule has 0 unspecified atom stereocenters. The molecule has 2 aromatic rings. The molecule has 0 saturated carbocycles. The van der Waals surface area contributed by atoms with Crippen molar-refractivity contribution in [1.82, 2.24) is 15.3 Å². The number of hydrogen-bond acceptors (Lipinski definition) is 6. The molecule has 1 aromatic heterocycles. The first-order chi connectivity index (χ1) is 13.2. The number of piperidine rings is 1. The van der Waals surface area contributed by atoms with Gasteiger partial charge >= 0.3 is 0 Å². The molecule has 0 radical (unpaired) electrons. The number of nitrogens with one attached hydrogen (secondary N) is 1. The van der Waals surface area contributed by atoms with Gasteiger partial charge in [-0.25, -0.2) is 14.4 Å². The predicted octanol–water partition coefficient (Wildman–Crippen LogP) is 1.89. The summed E-state index contributed by atoms with van der Waals surface area (Å²) in [5, 5.41) is 2.70. The van der Waals surface area contributed by atoms with Gasteiger partial charge in [0.05, 0.1) is 13.2 Å². The summed E-state index contributed by atoms with van der Waals surface area (Å²) in [4.78, 5) is 23.1. The van der Waals surface area contributed by atoms with Gasteiger partial charge in [-0.05, 0) is 12.1 Å². The third kappa shape index (κ3) is 3.91. The van der Waals surface area contributed by atoms with E-state index in [1.165, 1.54) is 6.07 Å². The number of halogens is 1. The molecule has 8 heteroatoms. The van der Waals surface area contributed by atoms with Gasteiger partial charge in [-0.2, -0.15) is 0 Å². The average molecular weight is 372 g/mol. The molecule has 2 aliphatic heterocycles. The molecular formula is C19H21FN4O3. The maximum atomic E-state index is 13.7. The lowest BCUT2D eigenvalue weighted by Crippen LogP contribution is -2.45. The van der Waals surface area contributed by atoms with Crippen LogP contribution in [0.2, 0.25) is 0 Å². The van der Waals surface area contributed by atoms with Crippen LogP contribution in [0.5, 0.6) is 0 Å². The number of aromatic nitrogens is 2. The summed E-state index contributed by atoms with van der Waals surface area (Å²) >= 11 is 0. The molecule has 1 N–H and O–H groups in total. The van der Waals surface area contributed by atoms with Crippen molar-refractivity contribution in [2.75, 3.05) is 31.2 Å². The number of carbonyl (C=O) groups is 1. The molecule has 0 aliphatic carbocycles. The van der Waals surface area contributed by atoms with E-state index in [0.29, 0.717) is 37.8 Å². The Bertz CT molecular complexity index is 816. The lowest BCUT2D eigenvalue weighted by atomic mass is 10.0. The van der Waals surface area contributed by atoms with Gasteiger partial charge in [0.15, 0.2) is 5.79 Å². The highest BCUT2D eigenvalue weighted by atomic mass is 19.1. The Morgan fingerprint density at radius 1 is 1.19 bits per heavy atom. The number of benzene rings is 1. The Morgan fingerprint density at radius 3 is 2.67 bits per heavy atom. The van der Waals surface area contributed by atoms with Gasteiger partial charge in [0.25, 0.3) is 5.91 Å². The summed E-state index contributed by atoms with van der Waals surface area (Å²) in [5.74, 6) is -0.676. The number of hydrogen-bond donors (Lipinski definition) is 1. The lowest BCUT2D eigenvalue weighted by Gasteiger charge is -2.37. The Labute approximate surface area is 156 Å². The summed E-state index contributed by atoms with van der Waals surface area (Å²) in [6.45, 7) is 2.76. The molecule has 0 atom stereocenters. The van der Waals surface area contributed by atoms with Crippen molar-refractivity contribution in [2.24, 2.45) is 0 Å². The van der Waals surface area contributed by atoms with Gasteiger partial charge in [0.1, 0.15) is 11.5 Å². The second-order valence-electron chi connectivity index (χ2n) is 6.61. The molecule has 2 saturated heterocycles. The molecule has 4 rings (SSSR count). The van der Waals surface area contributed by atoms with Crippen molar-refractivity contribution < 1.29 is 18.7 Å². The van der Waals surface area contributed by atoms with E-state index in [1.54, 1.807) is 30.5 Å². The van der Waals surface area contributed by atoms with Gasteiger partial charge < -0.3 is 19.7 Å². The number of anilines is 1. The van der Waals surface area contributed by atoms with Gasteiger partial charge in [-0.15, -0.1) is 0 Å². The molecule has 0 bridgehead atoms. The zero-order valence-corrected chi connectivity index (χ0v) is 14.9. The van der Waals surface area contributed by atoms with Crippen molar-refractivity contribution in [1.29, 1.82) is 0 Å². The third-order valence-electron chi connectivity index (χ3n) is 4.89. The normalized spacial score (nSPS) is 18.6. The molecule has 7 nitrogen and oxygen atoms in total. The number of amides is 1. The first-order valence-electron chi connectivity index (χ1n) is 9.03. The van der Waals surface area contributed by atoms with Crippen molar-refractivity contribution in [2.45, 2.75) is 25.2 Å².